The number of carbonyl (C=O) groups excluding carboxylic acids is 1. The second-order valence-electron chi connectivity index (χ2n) is 5.12. The molecule has 3 rings (SSSR count). The molecule has 0 saturated carbocycles. The van der Waals surface area contributed by atoms with Crippen molar-refractivity contribution in [2.75, 3.05) is 6.61 Å². The van der Waals surface area contributed by atoms with Gasteiger partial charge in [-0.25, -0.2) is 5.10 Å². The molecule has 0 unspecified atom stereocenters. The lowest BCUT2D eigenvalue weighted by Crippen LogP contribution is -2.28. The molecule has 1 heterocycles. The van der Waals surface area contributed by atoms with E-state index in [9.17, 15) is 9.90 Å². The molecule has 3 aromatic rings. The monoisotopic (exact) mass is 387 g/mol. The van der Waals surface area contributed by atoms with Gasteiger partial charge < -0.3 is 14.6 Å². The third kappa shape index (κ3) is 4.16. The number of rotatable bonds is 6. The molecule has 0 atom stereocenters. The second kappa shape index (κ2) is 7.94. The number of hydrogen-bond acceptors (Lipinski definition) is 6. The highest BCUT2D eigenvalue weighted by molar-refractivity contribution is 7.71. The predicted molar refractivity (Wildman–Crippen MR) is 97.8 cm³/mol. The molecule has 0 spiro atoms. The van der Waals surface area contributed by atoms with E-state index in [0.717, 1.165) is 5.56 Å². The Kier molecular flexibility index (Phi) is 5.45. The Labute approximate surface area is 158 Å². The standard InChI is InChI=1S/C17H13ClN4O3S/c18-14-4-2-1-3-13(14)16-20-21-17(26)22(16)19-9-11-5-7-12(8-6-11)25-10-15(23)24/h1-9H,10H2,(H,21,26)(H,23,24)/p-1/b19-9-. The van der Waals surface area contributed by atoms with Gasteiger partial charge in [0.05, 0.1) is 17.2 Å². The van der Waals surface area contributed by atoms with Crippen LogP contribution in [0.3, 0.4) is 0 Å². The molecule has 0 fully saturated rings. The highest BCUT2D eigenvalue weighted by Gasteiger charge is 2.11. The quantitative estimate of drug-likeness (QED) is 0.517. The van der Waals surface area contributed by atoms with Crippen molar-refractivity contribution in [2.24, 2.45) is 5.10 Å². The van der Waals surface area contributed by atoms with Gasteiger partial charge in [0.1, 0.15) is 12.4 Å². The number of carboxylic acids is 1. The molecule has 132 valence electrons. The first kappa shape index (κ1) is 17.8. The lowest BCUT2D eigenvalue weighted by molar-refractivity contribution is -0.307. The number of aromatic nitrogens is 3. The lowest BCUT2D eigenvalue weighted by atomic mass is 10.2. The van der Waals surface area contributed by atoms with Crippen molar-refractivity contribution in [1.29, 1.82) is 0 Å². The van der Waals surface area contributed by atoms with Crippen molar-refractivity contribution in [3.63, 3.8) is 0 Å². The van der Waals surface area contributed by atoms with Gasteiger partial charge in [-0.15, -0.1) is 0 Å². The number of aliphatic carboxylic acids is 1. The first-order valence-electron chi connectivity index (χ1n) is 7.44. The summed E-state index contributed by atoms with van der Waals surface area (Å²) in [6.45, 7) is -0.501. The molecular formula is C17H12ClN4O3S-. The molecule has 26 heavy (non-hydrogen) atoms. The van der Waals surface area contributed by atoms with Crippen molar-refractivity contribution >= 4 is 36.0 Å². The van der Waals surface area contributed by atoms with E-state index in [1.165, 1.54) is 4.68 Å². The average molecular weight is 388 g/mol. The number of H-pyrrole nitrogens is 1. The zero-order valence-electron chi connectivity index (χ0n) is 13.3. The lowest BCUT2D eigenvalue weighted by Gasteiger charge is -2.06. The number of hydrogen-bond donors (Lipinski definition) is 1. The highest BCUT2D eigenvalue weighted by atomic mass is 35.5. The topological polar surface area (TPSA) is 95.3 Å². The Hall–Kier alpha value is -2.97. The summed E-state index contributed by atoms with van der Waals surface area (Å²) < 4.78 is 6.82. The minimum absolute atomic E-state index is 0.324. The van der Waals surface area contributed by atoms with Crippen LogP contribution in [0.2, 0.25) is 5.02 Å². The summed E-state index contributed by atoms with van der Waals surface area (Å²) in [5, 5.41) is 22.1. The van der Waals surface area contributed by atoms with Gasteiger partial charge >= 0.3 is 0 Å². The Morgan fingerprint density at radius 2 is 2.04 bits per heavy atom. The third-order valence-corrected chi connectivity index (χ3v) is 3.92. The minimum atomic E-state index is -1.28. The molecule has 0 amide bonds. The fourth-order valence-electron chi connectivity index (χ4n) is 2.13. The Balaban J connectivity index is 1.83. The van der Waals surface area contributed by atoms with Crippen LogP contribution in [0.15, 0.2) is 53.6 Å². The van der Waals surface area contributed by atoms with Crippen LogP contribution in [0.25, 0.3) is 11.4 Å². The number of nitrogens with zero attached hydrogens (tertiary/aromatic N) is 3. The zero-order valence-corrected chi connectivity index (χ0v) is 14.8. The number of nitrogens with one attached hydrogen (secondary N) is 1. The van der Waals surface area contributed by atoms with Crippen molar-refractivity contribution in [1.82, 2.24) is 14.9 Å². The molecular weight excluding hydrogens is 376 g/mol. The van der Waals surface area contributed by atoms with E-state index in [-0.39, 0.29) is 0 Å². The summed E-state index contributed by atoms with van der Waals surface area (Å²) in [5.74, 6) is -0.370. The Morgan fingerprint density at radius 3 is 2.73 bits per heavy atom. The molecule has 0 aliphatic carbocycles. The van der Waals surface area contributed by atoms with Gasteiger partial charge in [-0.3, -0.25) is 0 Å². The number of carbonyl (C=O) groups is 1. The summed E-state index contributed by atoms with van der Waals surface area (Å²) in [6.07, 6.45) is 1.59. The molecule has 1 N–H and O–H groups in total. The molecule has 0 bridgehead atoms. The molecule has 0 aliphatic rings. The second-order valence-corrected chi connectivity index (χ2v) is 5.91. The number of ether oxygens (including phenoxy) is 1. The van der Waals surface area contributed by atoms with E-state index in [2.05, 4.69) is 15.3 Å². The van der Waals surface area contributed by atoms with E-state index in [1.54, 1.807) is 36.5 Å². The molecule has 7 nitrogen and oxygen atoms in total. The Morgan fingerprint density at radius 1 is 1.31 bits per heavy atom. The van der Waals surface area contributed by atoms with Crippen molar-refractivity contribution < 1.29 is 14.6 Å². The number of aromatic amines is 1. The van der Waals surface area contributed by atoms with Gasteiger partial charge in [0.2, 0.25) is 4.77 Å². The SMILES string of the molecule is O=C([O-])COc1ccc(/C=N\n2c(-c3ccccc3Cl)n[nH]c2=S)cc1. The normalized spacial score (nSPS) is 11.0. The van der Waals surface area contributed by atoms with E-state index in [4.69, 9.17) is 28.6 Å². The van der Waals surface area contributed by atoms with Crippen LogP contribution in [0.1, 0.15) is 5.56 Å². The highest BCUT2D eigenvalue weighted by Crippen LogP contribution is 2.25. The van der Waals surface area contributed by atoms with Gasteiger partial charge in [0.25, 0.3) is 0 Å². The number of halogens is 1. The molecule has 1 aromatic heterocycles. The first-order chi connectivity index (χ1) is 12.5. The van der Waals surface area contributed by atoms with Crippen molar-refractivity contribution in [2.45, 2.75) is 0 Å². The number of carboxylic acid groups (broad SMARTS) is 1. The van der Waals surface area contributed by atoms with Crippen LogP contribution in [-0.4, -0.2) is 33.7 Å². The third-order valence-electron chi connectivity index (χ3n) is 3.32. The number of benzene rings is 2. The maximum absolute atomic E-state index is 10.4. The van der Waals surface area contributed by atoms with Crippen molar-refractivity contribution in [3.05, 3.63) is 63.9 Å². The molecule has 0 saturated heterocycles. The van der Waals surface area contributed by atoms with Crippen LogP contribution in [0.5, 0.6) is 5.75 Å². The van der Waals surface area contributed by atoms with Gasteiger partial charge in [-0.1, -0.05) is 23.7 Å². The molecule has 9 heteroatoms. The minimum Gasteiger partial charge on any atom is -0.546 e. The van der Waals surface area contributed by atoms with Crippen LogP contribution >= 0.6 is 23.8 Å². The van der Waals surface area contributed by atoms with Gasteiger partial charge in [-0.05, 0) is 54.2 Å². The maximum Gasteiger partial charge on any atom is 0.216 e. The fraction of sp³-hybridized carbons (Fsp3) is 0.0588. The van der Waals surface area contributed by atoms with Gasteiger partial charge in [0.15, 0.2) is 5.82 Å². The van der Waals surface area contributed by atoms with E-state index in [0.29, 0.717) is 26.9 Å². The van der Waals surface area contributed by atoms with E-state index < -0.39 is 12.6 Å². The maximum atomic E-state index is 10.4. The summed E-state index contributed by atoms with van der Waals surface area (Å²) in [7, 11) is 0. The molecule has 0 radical (unpaired) electrons. The van der Waals surface area contributed by atoms with Gasteiger partial charge in [0, 0.05) is 5.56 Å². The smallest absolute Gasteiger partial charge is 0.216 e. The molecule has 2 aromatic carbocycles. The Bertz CT molecular complexity index is 1010. The summed E-state index contributed by atoms with van der Waals surface area (Å²) in [5.41, 5.74) is 1.46. The van der Waals surface area contributed by atoms with Crippen LogP contribution < -0.4 is 9.84 Å². The largest absolute Gasteiger partial charge is 0.546 e. The zero-order chi connectivity index (χ0) is 18.5. The van der Waals surface area contributed by atoms with Crippen LogP contribution in [0, 0.1) is 4.77 Å². The fourth-order valence-corrected chi connectivity index (χ4v) is 2.53. The predicted octanol–water partition coefficient (Wildman–Crippen LogP) is 2.27. The summed E-state index contributed by atoms with van der Waals surface area (Å²) in [4.78, 5) is 10.4. The van der Waals surface area contributed by atoms with E-state index >= 15 is 0 Å². The first-order valence-corrected chi connectivity index (χ1v) is 8.22. The van der Waals surface area contributed by atoms with Crippen LogP contribution in [0.4, 0.5) is 0 Å². The summed E-state index contributed by atoms with van der Waals surface area (Å²) in [6, 6.07) is 14.0. The molecule has 0 aliphatic heterocycles. The van der Waals surface area contributed by atoms with Crippen molar-refractivity contribution in [3.8, 4) is 17.1 Å². The summed E-state index contributed by atoms with van der Waals surface area (Å²) >= 11 is 11.4. The average Bonchev–Trinajstić information content (AvgIpc) is 3.00. The van der Waals surface area contributed by atoms with Gasteiger partial charge in [-0.2, -0.15) is 14.9 Å². The van der Waals surface area contributed by atoms with E-state index in [1.807, 2.05) is 18.2 Å². The van der Waals surface area contributed by atoms with Crippen LogP contribution in [-0.2, 0) is 4.79 Å².